The maximum atomic E-state index is 11.8. The molecule has 2 aromatic carbocycles. The van der Waals surface area contributed by atoms with Gasteiger partial charge in [-0.15, -0.1) is 0 Å². The van der Waals surface area contributed by atoms with Gasteiger partial charge in [0, 0.05) is 0 Å². The minimum absolute atomic E-state index is 0.324. The number of hydrogen-bond acceptors (Lipinski definition) is 3. The van der Waals surface area contributed by atoms with Crippen LogP contribution in [0.25, 0.3) is 0 Å². The highest BCUT2D eigenvalue weighted by molar-refractivity contribution is 6.03. The summed E-state index contributed by atoms with van der Waals surface area (Å²) in [5.41, 5.74) is 4.81. The van der Waals surface area contributed by atoms with Crippen molar-refractivity contribution in [2.24, 2.45) is 11.0 Å². The molecule has 1 aliphatic heterocycles. The number of carboxylic acid groups (broad SMARTS) is 1. The molecule has 3 rings (SSSR count). The van der Waals surface area contributed by atoms with Gasteiger partial charge in [-0.05, 0) is 38.0 Å². The van der Waals surface area contributed by atoms with Crippen LogP contribution in [0.5, 0.6) is 0 Å². The summed E-state index contributed by atoms with van der Waals surface area (Å²) in [6.07, 6.45) is 0. The monoisotopic (exact) mass is 308 g/mol. The summed E-state index contributed by atoms with van der Waals surface area (Å²) in [5, 5.41) is 16.1. The molecule has 4 heteroatoms. The Labute approximate surface area is 136 Å². The number of rotatable bonds is 3. The molecular formula is C19H20N2O2. The van der Waals surface area contributed by atoms with Crippen molar-refractivity contribution in [1.29, 1.82) is 0 Å². The quantitative estimate of drug-likeness (QED) is 0.934. The van der Waals surface area contributed by atoms with Crippen molar-refractivity contribution in [2.45, 2.75) is 26.8 Å². The summed E-state index contributed by atoms with van der Waals surface area (Å²) in [6.45, 7) is 5.87. The Morgan fingerprint density at radius 3 is 2.39 bits per heavy atom. The molecule has 1 heterocycles. The lowest BCUT2D eigenvalue weighted by Gasteiger charge is -2.28. The molecule has 1 N–H and O–H groups in total. The Bertz CT molecular complexity index is 768. The molecule has 4 nitrogen and oxygen atoms in total. The van der Waals surface area contributed by atoms with Crippen LogP contribution in [0.3, 0.4) is 0 Å². The molecule has 23 heavy (non-hydrogen) atoms. The minimum atomic E-state index is -0.840. The maximum absolute atomic E-state index is 11.8. The van der Waals surface area contributed by atoms with Crippen LogP contribution < -0.4 is 5.01 Å². The van der Waals surface area contributed by atoms with E-state index in [1.165, 1.54) is 5.56 Å². The zero-order valence-electron chi connectivity index (χ0n) is 13.5. The molecule has 118 valence electrons. The van der Waals surface area contributed by atoms with Crippen LogP contribution in [0.15, 0.2) is 53.6 Å². The fourth-order valence-corrected chi connectivity index (χ4v) is 3.23. The van der Waals surface area contributed by atoms with E-state index in [1.54, 1.807) is 6.92 Å². The molecular weight excluding hydrogens is 288 g/mol. The SMILES string of the molecule is CC1=NN(c2ccc(C)cc2C)C(c2ccccc2)C1C(=O)O. The number of aliphatic carboxylic acids is 1. The van der Waals surface area contributed by atoms with E-state index in [0.29, 0.717) is 5.71 Å². The average Bonchev–Trinajstić information content (AvgIpc) is 2.85. The zero-order chi connectivity index (χ0) is 16.6. The number of anilines is 1. The Kier molecular flexibility index (Phi) is 3.90. The van der Waals surface area contributed by atoms with Gasteiger partial charge in [-0.25, -0.2) is 0 Å². The number of carboxylic acids is 1. The molecule has 2 aromatic rings. The van der Waals surface area contributed by atoms with Gasteiger partial charge in [-0.3, -0.25) is 9.80 Å². The molecule has 0 saturated heterocycles. The Balaban J connectivity index is 2.12. The van der Waals surface area contributed by atoms with Gasteiger partial charge in [0.1, 0.15) is 5.92 Å². The van der Waals surface area contributed by atoms with Crippen molar-refractivity contribution in [2.75, 3.05) is 5.01 Å². The molecule has 0 amide bonds. The molecule has 0 aliphatic carbocycles. The van der Waals surface area contributed by atoms with Gasteiger partial charge in [0.2, 0.25) is 0 Å². The number of hydrogen-bond donors (Lipinski definition) is 1. The van der Waals surface area contributed by atoms with E-state index in [9.17, 15) is 9.90 Å². The van der Waals surface area contributed by atoms with Crippen LogP contribution in [-0.4, -0.2) is 16.8 Å². The van der Waals surface area contributed by atoms with Crippen LogP contribution >= 0.6 is 0 Å². The Morgan fingerprint density at radius 1 is 1.09 bits per heavy atom. The first-order valence-corrected chi connectivity index (χ1v) is 7.68. The zero-order valence-corrected chi connectivity index (χ0v) is 13.5. The summed E-state index contributed by atoms with van der Waals surface area (Å²) in [5.74, 6) is -1.48. The van der Waals surface area contributed by atoms with Crippen molar-refractivity contribution >= 4 is 17.4 Å². The molecule has 0 radical (unpaired) electrons. The first kappa shape index (κ1) is 15.3. The highest BCUT2D eigenvalue weighted by Crippen LogP contribution is 2.40. The van der Waals surface area contributed by atoms with Gasteiger partial charge in [0.05, 0.1) is 17.4 Å². The van der Waals surface area contributed by atoms with E-state index in [0.717, 1.165) is 16.8 Å². The van der Waals surface area contributed by atoms with Gasteiger partial charge in [0.15, 0.2) is 0 Å². The molecule has 2 unspecified atom stereocenters. The molecule has 0 spiro atoms. The van der Waals surface area contributed by atoms with Gasteiger partial charge in [0.25, 0.3) is 0 Å². The van der Waals surface area contributed by atoms with Gasteiger partial charge >= 0.3 is 5.97 Å². The fourth-order valence-electron chi connectivity index (χ4n) is 3.23. The smallest absolute Gasteiger partial charge is 0.314 e. The normalized spacial score (nSPS) is 20.5. The van der Waals surface area contributed by atoms with E-state index in [2.05, 4.69) is 11.2 Å². The summed E-state index contributed by atoms with van der Waals surface area (Å²) in [4.78, 5) is 11.8. The molecule has 0 aromatic heterocycles. The summed E-state index contributed by atoms with van der Waals surface area (Å²) in [7, 11) is 0. The summed E-state index contributed by atoms with van der Waals surface area (Å²) >= 11 is 0. The van der Waals surface area contributed by atoms with Crippen molar-refractivity contribution in [3.8, 4) is 0 Å². The maximum Gasteiger partial charge on any atom is 0.314 e. The number of carbonyl (C=O) groups is 1. The van der Waals surface area contributed by atoms with E-state index in [-0.39, 0.29) is 6.04 Å². The lowest BCUT2D eigenvalue weighted by Crippen LogP contribution is -2.30. The van der Waals surface area contributed by atoms with Gasteiger partial charge in [-0.1, -0.05) is 48.0 Å². The summed E-state index contributed by atoms with van der Waals surface area (Å²) in [6, 6.07) is 15.5. The second-order valence-electron chi connectivity index (χ2n) is 6.05. The first-order valence-electron chi connectivity index (χ1n) is 7.68. The third-order valence-electron chi connectivity index (χ3n) is 4.30. The highest BCUT2D eigenvalue weighted by Gasteiger charge is 2.42. The lowest BCUT2D eigenvalue weighted by atomic mass is 9.90. The Morgan fingerprint density at radius 2 is 1.78 bits per heavy atom. The lowest BCUT2D eigenvalue weighted by molar-refractivity contribution is -0.139. The molecule has 0 bridgehead atoms. The topological polar surface area (TPSA) is 52.9 Å². The van der Waals surface area contributed by atoms with Crippen LogP contribution in [0.2, 0.25) is 0 Å². The number of aryl methyl sites for hydroxylation is 2. The predicted molar refractivity (Wildman–Crippen MR) is 91.8 cm³/mol. The predicted octanol–water partition coefficient (Wildman–Crippen LogP) is 3.94. The Hall–Kier alpha value is -2.62. The van der Waals surface area contributed by atoms with E-state index < -0.39 is 11.9 Å². The second kappa shape index (κ2) is 5.88. The molecule has 0 saturated carbocycles. The molecule has 0 fully saturated rings. The van der Waals surface area contributed by atoms with Crippen molar-refractivity contribution in [1.82, 2.24) is 0 Å². The van der Waals surface area contributed by atoms with Gasteiger partial charge < -0.3 is 5.11 Å². The van der Waals surface area contributed by atoms with Crippen molar-refractivity contribution in [3.05, 3.63) is 65.2 Å². The molecule has 1 aliphatic rings. The fraction of sp³-hybridized carbons (Fsp3) is 0.263. The van der Waals surface area contributed by atoms with Crippen LogP contribution in [0.1, 0.15) is 29.7 Å². The van der Waals surface area contributed by atoms with E-state index in [4.69, 9.17) is 0 Å². The van der Waals surface area contributed by atoms with E-state index >= 15 is 0 Å². The standard InChI is InChI=1S/C19H20N2O2/c1-12-9-10-16(13(2)11-12)21-18(15-7-5-4-6-8-15)17(19(22)23)14(3)20-21/h4-11,17-18H,1-3H3,(H,22,23). The minimum Gasteiger partial charge on any atom is -0.481 e. The molecule has 2 atom stereocenters. The number of hydrazone groups is 1. The number of benzene rings is 2. The van der Waals surface area contributed by atoms with E-state index in [1.807, 2.05) is 61.3 Å². The van der Waals surface area contributed by atoms with Crippen LogP contribution in [0, 0.1) is 19.8 Å². The summed E-state index contributed by atoms with van der Waals surface area (Å²) < 4.78 is 0. The number of nitrogens with zero attached hydrogens (tertiary/aromatic N) is 2. The first-order chi connectivity index (χ1) is 11.0. The third kappa shape index (κ3) is 2.72. The largest absolute Gasteiger partial charge is 0.481 e. The van der Waals surface area contributed by atoms with Crippen molar-refractivity contribution in [3.63, 3.8) is 0 Å². The highest BCUT2D eigenvalue weighted by atomic mass is 16.4. The average molecular weight is 308 g/mol. The van der Waals surface area contributed by atoms with Crippen molar-refractivity contribution < 1.29 is 9.90 Å². The van der Waals surface area contributed by atoms with Gasteiger partial charge in [-0.2, -0.15) is 5.10 Å². The van der Waals surface area contributed by atoms with Crippen LogP contribution in [0.4, 0.5) is 5.69 Å². The second-order valence-corrected chi connectivity index (χ2v) is 6.05. The van der Waals surface area contributed by atoms with Crippen LogP contribution in [-0.2, 0) is 4.79 Å². The third-order valence-corrected chi connectivity index (χ3v) is 4.30.